The molecule has 7 heteroatoms. The molecular weight excluding hydrogens is 480 g/mol. The summed E-state index contributed by atoms with van der Waals surface area (Å²) in [5.74, 6) is -0.287. The van der Waals surface area contributed by atoms with E-state index in [0.29, 0.717) is 17.2 Å². The number of nitrogens with zero attached hydrogens (tertiary/aromatic N) is 1. The maximum absolute atomic E-state index is 13.0. The number of esters is 1. The van der Waals surface area contributed by atoms with E-state index in [2.05, 4.69) is 35.3 Å². The third-order valence-corrected chi connectivity index (χ3v) is 7.88. The van der Waals surface area contributed by atoms with Crippen molar-refractivity contribution in [2.75, 3.05) is 25.0 Å². The van der Waals surface area contributed by atoms with Gasteiger partial charge in [0.25, 0.3) is 5.91 Å². The summed E-state index contributed by atoms with van der Waals surface area (Å²) >= 11 is 7.83. The Labute approximate surface area is 216 Å². The molecule has 1 fully saturated rings. The van der Waals surface area contributed by atoms with Gasteiger partial charge in [-0.3, -0.25) is 14.5 Å². The van der Waals surface area contributed by atoms with E-state index in [1.54, 1.807) is 11.3 Å². The van der Waals surface area contributed by atoms with Crippen LogP contribution in [-0.4, -0.2) is 36.5 Å². The monoisotopic (exact) mass is 510 g/mol. The third kappa shape index (κ3) is 6.13. The van der Waals surface area contributed by atoms with E-state index in [1.165, 1.54) is 4.88 Å². The molecule has 1 aliphatic heterocycles. The summed E-state index contributed by atoms with van der Waals surface area (Å²) in [5.41, 5.74) is 2.82. The van der Waals surface area contributed by atoms with Crippen molar-refractivity contribution in [2.24, 2.45) is 5.92 Å². The maximum atomic E-state index is 13.0. The Morgan fingerprint density at radius 2 is 1.77 bits per heavy atom. The number of piperidine rings is 1. The molecule has 0 spiro atoms. The Morgan fingerprint density at radius 3 is 2.40 bits per heavy atom. The van der Waals surface area contributed by atoms with Crippen LogP contribution in [0.3, 0.4) is 0 Å². The van der Waals surface area contributed by atoms with Crippen molar-refractivity contribution in [1.29, 1.82) is 0 Å². The molecule has 35 heavy (non-hydrogen) atoms. The number of carbonyl (C=O) groups excluding carboxylic acids is 2. The number of hydrogen-bond donors (Lipinski definition) is 1. The van der Waals surface area contributed by atoms with Crippen molar-refractivity contribution in [1.82, 2.24) is 4.90 Å². The van der Waals surface area contributed by atoms with Crippen LogP contribution in [0.2, 0.25) is 5.02 Å². The molecule has 1 aliphatic rings. The second-order valence-corrected chi connectivity index (χ2v) is 10.3. The molecule has 4 rings (SSSR count). The second kappa shape index (κ2) is 11.8. The van der Waals surface area contributed by atoms with Gasteiger partial charge in [0.05, 0.1) is 18.6 Å². The minimum Gasteiger partial charge on any atom is -0.466 e. The Balaban J connectivity index is 1.66. The first-order chi connectivity index (χ1) is 17.0. The van der Waals surface area contributed by atoms with Gasteiger partial charge in [-0.2, -0.15) is 0 Å². The summed E-state index contributed by atoms with van der Waals surface area (Å²) in [6.45, 7) is 5.91. The molecule has 184 valence electrons. The fourth-order valence-corrected chi connectivity index (χ4v) is 5.73. The predicted molar refractivity (Wildman–Crippen MR) is 142 cm³/mol. The number of hydrogen-bond acceptors (Lipinski definition) is 5. The Bertz CT molecular complexity index is 1140. The normalized spacial score (nSPS) is 15.5. The average Bonchev–Trinajstić information content (AvgIpc) is 3.28. The van der Waals surface area contributed by atoms with E-state index < -0.39 is 0 Å². The molecule has 0 saturated carbocycles. The molecule has 5 nitrogen and oxygen atoms in total. The molecular formula is C28H31ClN2O3S. The van der Waals surface area contributed by atoms with Crippen molar-refractivity contribution in [3.8, 4) is 0 Å². The number of thiophene rings is 1. The summed E-state index contributed by atoms with van der Waals surface area (Å²) < 4.78 is 5.26. The highest BCUT2D eigenvalue weighted by Gasteiger charge is 2.33. The number of ether oxygens (including phenoxy) is 1. The lowest BCUT2D eigenvalue weighted by molar-refractivity contribution is -0.149. The van der Waals surface area contributed by atoms with Crippen LogP contribution in [0, 0.1) is 5.92 Å². The van der Waals surface area contributed by atoms with Gasteiger partial charge in [-0.1, -0.05) is 48.9 Å². The summed E-state index contributed by atoms with van der Waals surface area (Å²) in [4.78, 5) is 29.0. The molecule has 1 saturated heterocycles. The molecule has 0 unspecified atom stereocenters. The third-order valence-electron chi connectivity index (χ3n) is 6.42. The molecule has 1 amide bonds. The summed E-state index contributed by atoms with van der Waals surface area (Å²) in [7, 11) is 0. The zero-order valence-corrected chi connectivity index (χ0v) is 21.7. The van der Waals surface area contributed by atoms with E-state index in [1.807, 2.05) is 49.4 Å². The standard InChI is InChI=1S/C28H31ClN2O3S/c1-3-23-18-24(27(35-23)30-26(32)20-8-6-5-7-9-20)25(19-10-12-22(29)13-11-19)31-16-14-21(15-17-31)28(33)34-4-2/h5-13,18,21,25H,3-4,14-17H2,1-2H3,(H,30,32)/t25-/m0/s1. The van der Waals surface area contributed by atoms with Crippen molar-refractivity contribution in [2.45, 2.75) is 39.2 Å². The number of likely N-dealkylation sites (tertiary alicyclic amines) is 1. The van der Waals surface area contributed by atoms with Gasteiger partial charge < -0.3 is 10.1 Å². The van der Waals surface area contributed by atoms with Crippen LogP contribution in [0.1, 0.15) is 59.1 Å². The lowest BCUT2D eigenvalue weighted by atomic mass is 9.91. The van der Waals surface area contributed by atoms with Crippen LogP contribution in [0.5, 0.6) is 0 Å². The first kappa shape index (κ1) is 25.4. The molecule has 2 heterocycles. The van der Waals surface area contributed by atoms with Crippen molar-refractivity contribution in [3.63, 3.8) is 0 Å². The van der Waals surface area contributed by atoms with Gasteiger partial charge in [0.15, 0.2) is 0 Å². The van der Waals surface area contributed by atoms with Crippen LogP contribution in [0.25, 0.3) is 0 Å². The molecule has 0 aliphatic carbocycles. The lowest BCUT2D eigenvalue weighted by Gasteiger charge is -2.37. The van der Waals surface area contributed by atoms with Gasteiger partial charge in [0, 0.05) is 21.0 Å². The molecule has 1 aromatic heterocycles. The Hall–Kier alpha value is -2.67. The van der Waals surface area contributed by atoms with Gasteiger partial charge in [0.2, 0.25) is 0 Å². The Kier molecular flexibility index (Phi) is 8.60. The zero-order chi connectivity index (χ0) is 24.8. The fraction of sp³-hybridized carbons (Fsp3) is 0.357. The minimum absolute atomic E-state index is 0.0574. The first-order valence-corrected chi connectivity index (χ1v) is 13.3. The van der Waals surface area contributed by atoms with Gasteiger partial charge >= 0.3 is 5.97 Å². The highest BCUT2D eigenvalue weighted by Crippen LogP contribution is 2.41. The average molecular weight is 511 g/mol. The predicted octanol–water partition coefficient (Wildman–Crippen LogP) is 6.58. The number of halogens is 1. The molecule has 1 N–H and O–H groups in total. The van der Waals surface area contributed by atoms with Crippen molar-refractivity contribution < 1.29 is 14.3 Å². The summed E-state index contributed by atoms with van der Waals surface area (Å²) in [6, 6.07) is 19.3. The number of nitrogens with one attached hydrogen (secondary N) is 1. The minimum atomic E-state index is -0.118. The van der Waals surface area contributed by atoms with Gasteiger partial charge in [-0.05, 0) is 75.2 Å². The number of aryl methyl sites for hydroxylation is 1. The quantitative estimate of drug-likeness (QED) is 0.348. The molecule has 3 aromatic rings. The first-order valence-electron chi connectivity index (χ1n) is 12.1. The van der Waals surface area contributed by atoms with Crippen molar-refractivity contribution in [3.05, 3.63) is 87.3 Å². The number of carbonyl (C=O) groups is 2. The van der Waals surface area contributed by atoms with Gasteiger partial charge in [0.1, 0.15) is 5.00 Å². The Morgan fingerprint density at radius 1 is 1.09 bits per heavy atom. The largest absolute Gasteiger partial charge is 0.466 e. The molecule has 0 bridgehead atoms. The van der Waals surface area contributed by atoms with E-state index in [-0.39, 0.29) is 23.8 Å². The van der Waals surface area contributed by atoms with E-state index in [9.17, 15) is 9.59 Å². The van der Waals surface area contributed by atoms with Crippen LogP contribution >= 0.6 is 22.9 Å². The molecule has 2 aromatic carbocycles. The van der Waals surface area contributed by atoms with Gasteiger partial charge in [-0.25, -0.2) is 0 Å². The van der Waals surface area contributed by atoms with Crippen molar-refractivity contribution >= 4 is 39.8 Å². The van der Waals surface area contributed by atoms with E-state index in [0.717, 1.165) is 48.5 Å². The summed E-state index contributed by atoms with van der Waals surface area (Å²) in [5, 5.41) is 4.73. The zero-order valence-electron chi connectivity index (χ0n) is 20.1. The van der Waals surface area contributed by atoms with Crippen LogP contribution < -0.4 is 5.32 Å². The number of amides is 1. The fourth-order valence-electron chi connectivity index (χ4n) is 4.58. The molecule has 0 radical (unpaired) electrons. The summed E-state index contributed by atoms with van der Waals surface area (Å²) in [6.07, 6.45) is 2.38. The molecule has 1 atom stereocenters. The topological polar surface area (TPSA) is 58.6 Å². The van der Waals surface area contributed by atoms with E-state index in [4.69, 9.17) is 16.3 Å². The lowest BCUT2D eigenvalue weighted by Crippen LogP contribution is -2.39. The highest BCUT2D eigenvalue weighted by atomic mass is 35.5. The SMILES string of the molecule is CCOC(=O)C1CCN([C@@H](c2ccc(Cl)cc2)c2cc(CC)sc2NC(=O)c2ccccc2)CC1. The van der Waals surface area contributed by atoms with Crippen LogP contribution in [-0.2, 0) is 16.0 Å². The van der Waals surface area contributed by atoms with Crippen LogP contribution in [0.15, 0.2) is 60.7 Å². The number of benzene rings is 2. The number of anilines is 1. The van der Waals surface area contributed by atoms with Crippen LogP contribution in [0.4, 0.5) is 5.00 Å². The van der Waals surface area contributed by atoms with E-state index >= 15 is 0 Å². The number of rotatable bonds is 8. The van der Waals surface area contributed by atoms with Gasteiger partial charge in [-0.15, -0.1) is 11.3 Å². The second-order valence-electron chi connectivity index (χ2n) is 8.69. The highest BCUT2D eigenvalue weighted by molar-refractivity contribution is 7.16. The smallest absolute Gasteiger partial charge is 0.309 e. The maximum Gasteiger partial charge on any atom is 0.309 e.